The SMILES string of the molecule is CS(=O)(=O)NCc1cccc(C(N)=S)c1. The summed E-state index contributed by atoms with van der Waals surface area (Å²) in [6, 6.07) is 7.14. The summed E-state index contributed by atoms with van der Waals surface area (Å²) < 4.78 is 24.1. The molecule has 0 saturated heterocycles. The Hall–Kier alpha value is -0.980. The molecule has 6 heteroatoms. The number of sulfonamides is 1. The van der Waals surface area contributed by atoms with E-state index in [0.29, 0.717) is 4.99 Å². The average molecular weight is 244 g/mol. The number of hydrogen-bond acceptors (Lipinski definition) is 3. The minimum Gasteiger partial charge on any atom is -0.389 e. The molecule has 0 fully saturated rings. The Morgan fingerprint density at radius 3 is 2.73 bits per heavy atom. The molecular weight excluding hydrogens is 232 g/mol. The van der Waals surface area contributed by atoms with E-state index in [1.54, 1.807) is 24.3 Å². The summed E-state index contributed by atoms with van der Waals surface area (Å²) in [4.78, 5) is 0.302. The molecule has 15 heavy (non-hydrogen) atoms. The smallest absolute Gasteiger partial charge is 0.209 e. The Labute approximate surface area is 94.5 Å². The van der Waals surface area contributed by atoms with Gasteiger partial charge in [-0.15, -0.1) is 0 Å². The molecule has 4 nitrogen and oxygen atoms in total. The molecule has 3 N–H and O–H groups in total. The third-order valence-electron chi connectivity index (χ3n) is 1.75. The minimum absolute atomic E-state index is 0.245. The van der Waals surface area contributed by atoms with Crippen molar-refractivity contribution in [3.63, 3.8) is 0 Å². The van der Waals surface area contributed by atoms with Crippen LogP contribution in [0.15, 0.2) is 24.3 Å². The molecule has 0 atom stereocenters. The Balaban J connectivity index is 2.79. The van der Waals surface area contributed by atoms with E-state index in [0.717, 1.165) is 17.4 Å². The highest BCUT2D eigenvalue weighted by Gasteiger charge is 2.02. The van der Waals surface area contributed by atoms with Crippen LogP contribution in [0.3, 0.4) is 0 Å². The largest absolute Gasteiger partial charge is 0.389 e. The van der Waals surface area contributed by atoms with Gasteiger partial charge in [0.2, 0.25) is 10.0 Å². The van der Waals surface area contributed by atoms with E-state index in [9.17, 15) is 8.42 Å². The molecule has 0 saturated carbocycles. The molecule has 0 bridgehead atoms. The molecule has 0 heterocycles. The molecule has 0 aliphatic heterocycles. The zero-order valence-electron chi connectivity index (χ0n) is 8.23. The maximum Gasteiger partial charge on any atom is 0.209 e. The molecule has 0 aliphatic rings. The number of nitrogens with one attached hydrogen (secondary N) is 1. The molecular formula is C9H12N2O2S2. The van der Waals surface area contributed by atoms with Crippen molar-refractivity contribution in [3.05, 3.63) is 35.4 Å². The van der Waals surface area contributed by atoms with Gasteiger partial charge in [-0.25, -0.2) is 13.1 Å². The first kappa shape index (κ1) is 12.1. The molecule has 82 valence electrons. The first-order valence-electron chi connectivity index (χ1n) is 4.22. The number of nitrogens with two attached hydrogens (primary N) is 1. The Morgan fingerprint density at radius 2 is 2.20 bits per heavy atom. The number of benzene rings is 1. The van der Waals surface area contributed by atoms with Crippen LogP contribution in [-0.4, -0.2) is 19.7 Å². The monoisotopic (exact) mass is 244 g/mol. The van der Waals surface area contributed by atoms with Crippen LogP contribution in [-0.2, 0) is 16.6 Å². The Morgan fingerprint density at radius 1 is 1.53 bits per heavy atom. The minimum atomic E-state index is -3.17. The van der Waals surface area contributed by atoms with Crippen molar-refractivity contribution in [2.45, 2.75) is 6.54 Å². The third kappa shape index (κ3) is 4.37. The fourth-order valence-corrected chi connectivity index (χ4v) is 1.60. The lowest BCUT2D eigenvalue weighted by Gasteiger charge is -2.04. The second-order valence-electron chi connectivity index (χ2n) is 3.16. The van der Waals surface area contributed by atoms with Crippen LogP contribution in [0.2, 0.25) is 0 Å². The molecule has 0 amide bonds. The van der Waals surface area contributed by atoms with Gasteiger partial charge < -0.3 is 5.73 Å². The predicted molar refractivity (Wildman–Crippen MR) is 64.0 cm³/mol. The molecule has 0 aliphatic carbocycles. The first-order valence-corrected chi connectivity index (χ1v) is 6.52. The number of rotatable bonds is 4. The topological polar surface area (TPSA) is 72.2 Å². The van der Waals surface area contributed by atoms with Crippen molar-refractivity contribution in [2.24, 2.45) is 5.73 Å². The standard InChI is InChI=1S/C9H12N2O2S2/c1-15(12,13)11-6-7-3-2-4-8(5-7)9(10)14/h2-5,11H,6H2,1H3,(H2,10,14). The molecule has 0 aromatic heterocycles. The summed E-state index contributed by atoms with van der Waals surface area (Å²) in [6.45, 7) is 0.245. The second kappa shape index (κ2) is 4.69. The first-order chi connectivity index (χ1) is 6.88. The molecule has 1 aromatic rings. The van der Waals surface area contributed by atoms with E-state index in [2.05, 4.69) is 4.72 Å². The van der Waals surface area contributed by atoms with E-state index in [1.165, 1.54) is 0 Å². The van der Waals surface area contributed by atoms with E-state index < -0.39 is 10.0 Å². The highest BCUT2D eigenvalue weighted by Crippen LogP contribution is 2.05. The Bertz CT molecular complexity index is 469. The van der Waals surface area contributed by atoms with Crippen LogP contribution in [0, 0.1) is 0 Å². The zero-order valence-corrected chi connectivity index (χ0v) is 9.86. The fraction of sp³-hybridized carbons (Fsp3) is 0.222. The quantitative estimate of drug-likeness (QED) is 0.751. The van der Waals surface area contributed by atoms with Crippen molar-refractivity contribution in [3.8, 4) is 0 Å². The van der Waals surface area contributed by atoms with Crippen LogP contribution in [0.5, 0.6) is 0 Å². The molecule has 1 aromatic carbocycles. The van der Waals surface area contributed by atoms with Crippen LogP contribution in [0.4, 0.5) is 0 Å². The van der Waals surface area contributed by atoms with Gasteiger partial charge in [0.15, 0.2) is 0 Å². The predicted octanol–water partition coefficient (Wildman–Crippen LogP) is 0.370. The van der Waals surface area contributed by atoms with E-state index in [1.807, 2.05) is 0 Å². The summed E-state index contributed by atoms with van der Waals surface area (Å²) in [5.74, 6) is 0. The van der Waals surface area contributed by atoms with Gasteiger partial charge in [-0.1, -0.05) is 30.4 Å². The van der Waals surface area contributed by atoms with Gasteiger partial charge in [-0.3, -0.25) is 0 Å². The second-order valence-corrected chi connectivity index (χ2v) is 5.43. The summed E-state index contributed by atoms with van der Waals surface area (Å²) in [5.41, 5.74) is 7.02. The van der Waals surface area contributed by atoms with Crippen LogP contribution in [0.1, 0.15) is 11.1 Å². The van der Waals surface area contributed by atoms with Crippen LogP contribution >= 0.6 is 12.2 Å². The van der Waals surface area contributed by atoms with Crippen LogP contribution < -0.4 is 10.5 Å². The third-order valence-corrected chi connectivity index (χ3v) is 2.65. The number of hydrogen-bond donors (Lipinski definition) is 2. The zero-order chi connectivity index (χ0) is 11.5. The lowest BCUT2D eigenvalue weighted by molar-refractivity contribution is 0.587. The summed E-state index contributed by atoms with van der Waals surface area (Å²) >= 11 is 4.82. The number of thiocarbonyl (C=S) groups is 1. The van der Waals surface area contributed by atoms with Gasteiger partial charge in [0.25, 0.3) is 0 Å². The lowest BCUT2D eigenvalue weighted by Crippen LogP contribution is -2.21. The summed E-state index contributed by atoms with van der Waals surface area (Å²) in [7, 11) is -3.17. The normalized spacial score (nSPS) is 11.3. The maximum absolute atomic E-state index is 10.9. The van der Waals surface area contributed by atoms with E-state index in [-0.39, 0.29) is 6.54 Å². The van der Waals surface area contributed by atoms with Gasteiger partial charge in [0, 0.05) is 12.1 Å². The maximum atomic E-state index is 10.9. The van der Waals surface area contributed by atoms with Gasteiger partial charge in [0.05, 0.1) is 6.26 Å². The summed E-state index contributed by atoms with van der Waals surface area (Å²) in [5, 5.41) is 0. The van der Waals surface area contributed by atoms with Crippen molar-refractivity contribution >= 4 is 27.2 Å². The average Bonchev–Trinajstić information content (AvgIpc) is 2.14. The van der Waals surface area contributed by atoms with E-state index in [4.69, 9.17) is 18.0 Å². The fourth-order valence-electron chi connectivity index (χ4n) is 1.05. The summed E-state index contributed by atoms with van der Waals surface area (Å²) in [6.07, 6.45) is 1.12. The van der Waals surface area contributed by atoms with Gasteiger partial charge in [0.1, 0.15) is 4.99 Å². The van der Waals surface area contributed by atoms with Crippen molar-refractivity contribution in [2.75, 3.05) is 6.26 Å². The lowest BCUT2D eigenvalue weighted by atomic mass is 10.1. The molecule has 0 unspecified atom stereocenters. The van der Waals surface area contributed by atoms with E-state index >= 15 is 0 Å². The van der Waals surface area contributed by atoms with Crippen molar-refractivity contribution in [1.82, 2.24) is 4.72 Å². The molecule has 1 rings (SSSR count). The molecule has 0 spiro atoms. The molecule has 0 radical (unpaired) electrons. The Kier molecular flexibility index (Phi) is 3.78. The van der Waals surface area contributed by atoms with Crippen molar-refractivity contribution in [1.29, 1.82) is 0 Å². The highest BCUT2D eigenvalue weighted by atomic mass is 32.2. The van der Waals surface area contributed by atoms with Crippen LogP contribution in [0.25, 0.3) is 0 Å². The van der Waals surface area contributed by atoms with Gasteiger partial charge in [-0.05, 0) is 11.6 Å². The van der Waals surface area contributed by atoms with Gasteiger partial charge >= 0.3 is 0 Å². The van der Waals surface area contributed by atoms with Crippen molar-refractivity contribution < 1.29 is 8.42 Å². The van der Waals surface area contributed by atoms with Gasteiger partial charge in [-0.2, -0.15) is 0 Å². The highest BCUT2D eigenvalue weighted by molar-refractivity contribution is 7.88.